The zero-order valence-corrected chi connectivity index (χ0v) is 12.6. The van der Waals surface area contributed by atoms with Crippen molar-refractivity contribution in [3.05, 3.63) is 58.6 Å². The van der Waals surface area contributed by atoms with Gasteiger partial charge in [-0.05, 0) is 36.8 Å². The third kappa shape index (κ3) is 3.17. The lowest BCUT2D eigenvalue weighted by Crippen LogP contribution is -2.16. The van der Waals surface area contributed by atoms with Gasteiger partial charge in [-0.1, -0.05) is 29.8 Å². The van der Waals surface area contributed by atoms with E-state index >= 15 is 0 Å². The van der Waals surface area contributed by atoms with E-state index in [-0.39, 0.29) is 16.1 Å². The highest BCUT2D eigenvalue weighted by Crippen LogP contribution is 2.26. The summed E-state index contributed by atoms with van der Waals surface area (Å²) in [5, 5.41) is 9.40. The number of para-hydroxylation sites is 1. The van der Waals surface area contributed by atoms with Gasteiger partial charge >= 0.3 is 5.97 Å². The Morgan fingerprint density at radius 3 is 2.48 bits per heavy atom. The summed E-state index contributed by atoms with van der Waals surface area (Å²) in [6, 6.07) is 10.3. The van der Waals surface area contributed by atoms with Gasteiger partial charge in [0.15, 0.2) is 0 Å². The van der Waals surface area contributed by atoms with Crippen LogP contribution in [0, 0.1) is 6.92 Å². The van der Waals surface area contributed by atoms with Crippen molar-refractivity contribution in [2.75, 3.05) is 4.72 Å². The van der Waals surface area contributed by atoms with Gasteiger partial charge in [0, 0.05) is 5.02 Å². The Balaban J connectivity index is 2.48. The molecule has 0 bridgehead atoms. The molecule has 0 aliphatic heterocycles. The molecule has 0 amide bonds. The van der Waals surface area contributed by atoms with Crippen molar-refractivity contribution in [1.82, 2.24) is 0 Å². The molecule has 0 saturated carbocycles. The molecule has 0 radical (unpaired) electrons. The molecule has 0 atom stereocenters. The molecule has 2 aromatic carbocycles. The summed E-state index contributed by atoms with van der Waals surface area (Å²) >= 11 is 5.92. The minimum absolute atomic E-state index is 0.00405. The van der Waals surface area contributed by atoms with Crippen LogP contribution in [-0.4, -0.2) is 19.5 Å². The Kier molecular flexibility index (Phi) is 4.20. The number of aromatic carboxylic acids is 1. The highest BCUT2D eigenvalue weighted by atomic mass is 35.5. The number of halogens is 1. The number of nitrogens with one attached hydrogen (secondary N) is 1. The van der Waals surface area contributed by atoms with Crippen LogP contribution in [0.2, 0.25) is 5.02 Å². The number of rotatable bonds is 4. The van der Waals surface area contributed by atoms with E-state index in [0.717, 1.165) is 0 Å². The average molecular weight is 326 g/mol. The van der Waals surface area contributed by atoms with E-state index in [1.54, 1.807) is 19.1 Å². The number of hydrogen-bond donors (Lipinski definition) is 2. The number of benzene rings is 2. The van der Waals surface area contributed by atoms with Crippen molar-refractivity contribution in [3.63, 3.8) is 0 Å². The van der Waals surface area contributed by atoms with E-state index < -0.39 is 16.0 Å². The maximum atomic E-state index is 12.4. The predicted molar refractivity (Wildman–Crippen MR) is 80.4 cm³/mol. The van der Waals surface area contributed by atoms with Gasteiger partial charge in [-0.15, -0.1) is 0 Å². The van der Waals surface area contributed by atoms with E-state index in [1.165, 1.54) is 30.3 Å². The molecule has 5 nitrogen and oxygen atoms in total. The Morgan fingerprint density at radius 2 is 1.81 bits per heavy atom. The van der Waals surface area contributed by atoms with E-state index in [4.69, 9.17) is 16.7 Å². The molecule has 7 heteroatoms. The molecule has 2 rings (SSSR count). The quantitative estimate of drug-likeness (QED) is 0.904. The number of hydrogen-bond acceptors (Lipinski definition) is 3. The fraction of sp³-hybridized carbons (Fsp3) is 0.0714. The number of anilines is 1. The van der Waals surface area contributed by atoms with Gasteiger partial charge in [0.1, 0.15) is 0 Å². The topological polar surface area (TPSA) is 83.5 Å². The molecule has 0 aliphatic carbocycles. The van der Waals surface area contributed by atoms with Crippen LogP contribution in [0.5, 0.6) is 0 Å². The van der Waals surface area contributed by atoms with Crippen LogP contribution in [0.4, 0.5) is 5.69 Å². The molecule has 2 aromatic rings. The molecule has 0 unspecified atom stereocenters. The Bertz CT molecular complexity index is 802. The first-order valence-electron chi connectivity index (χ1n) is 5.93. The van der Waals surface area contributed by atoms with E-state index in [0.29, 0.717) is 10.6 Å². The maximum Gasteiger partial charge on any atom is 0.337 e. The molecular weight excluding hydrogens is 314 g/mol. The van der Waals surface area contributed by atoms with Crippen LogP contribution in [0.15, 0.2) is 47.4 Å². The molecule has 0 aromatic heterocycles. The SMILES string of the molecule is Cc1c(Cl)cccc1S(=O)(=O)Nc1ccccc1C(=O)O. The van der Waals surface area contributed by atoms with Crippen molar-refractivity contribution in [2.24, 2.45) is 0 Å². The number of carboxylic acids is 1. The van der Waals surface area contributed by atoms with E-state index in [9.17, 15) is 13.2 Å². The van der Waals surface area contributed by atoms with E-state index in [2.05, 4.69) is 4.72 Å². The monoisotopic (exact) mass is 325 g/mol. The second-order valence-electron chi connectivity index (χ2n) is 4.32. The molecular formula is C14H12ClNO4S. The molecule has 21 heavy (non-hydrogen) atoms. The normalized spacial score (nSPS) is 11.1. The van der Waals surface area contributed by atoms with Crippen molar-refractivity contribution in [1.29, 1.82) is 0 Å². The largest absolute Gasteiger partial charge is 0.478 e. The lowest BCUT2D eigenvalue weighted by molar-refractivity contribution is 0.0698. The van der Waals surface area contributed by atoms with Crippen molar-refractivity contribution >= 4 is 33.3 Å². The Hall–Kier alpha value is -2.05. The number of carboxylic acid groups (broad SMARTS) is 1. The van der Waals surface area contributed by atoms with Crippen molar-refractivity contribution in [2.45, 2.75) is 11.8 Å². The highest BCUT2D eigenvalue weighted by molar-refractivity contribution is 7.92. The maximum absolute atomic E-state index is 12.4. The average Bonchev–Trinajstić information content (AvgIpc) is 2.41. The zero-order chi connectivity index (χ0) is 15.6. The van der Waals surface area contributed by atoms with Crippen LogP contribution in [0.25, 0.3) is 0 Å². The zero-order valence-electron chi connectivity index (χ0n) is 11.0. The Labute approximate surface area is 127 Å². The first-order chi connectivity index (χ1) is 9.83. The predicted octanol–water partition coefficient (Wildman–Crippen LogP) is 3.15. The molecule has 0 saturated heterocycles. The van der Waals surface area contributed by atoms with Crippen LogP contribution < -0.4 is 4.72 Å². The molecule has 0 fully saturated rings. The highest BCUT2D eigenvalue weighted by Gasteiger charge is 2.20. The lowest BCUT2D eigenvalue weighted by atomic mass is 10.2. The van der Waals surface area contributed by atoms with Crippen LogP contribution in [-0.2, 0) is 10.0 Å². The van der Waals surface area contributed by atoms with E-state index in [1.807, 2.05) is 0 Å². The van der Waals surface area contributed by atoms with Gasteiger partial charge in [-0.25, -0.2) is 13.2 Å². The van der Waals surface area contributed by atoms with Gasteiger partial charge in [0.05, 0.1) is 16.1 Å². The molecule has 110 valence electrons. The third-order valence-electron chi connectivity index (χ3n) is 2.91. The fourth-order valence-electron chi connectivity index (χ4n) is 1.84. The lowest BCUT2D eigenvalue weighted by Gasteiger charge is -2.12. The van der Waals surface area contributed by atoms with Crippen LogP contribution >= 0.6 is 11.6 Å². The molecule has 0 aliphatic rings. The van der Waals surface area contributed by atoms with Crippen LogP contribution in [0.1, 0.15) is 15.9 Å². The summed E-state index contributed by atoms with van der Waals surface area (Å²) < 4.78 is 27.1. The summed E-state index contributed by atoms with van der Waals surface area (Å²) in [7, 11) is -3.92. The van der Waals surface area contributed by atoms with Gasteiger partial charge in [-0.3, -0.25) is 4.72 Å². The van der Waals surface area contributed by atoms with Gasteiger partial charge in [0.25, 0.3) is 10.0 Å². The minimum Gasteiger partial charge on any atom is -0.478 e. The van der Waals surface area contributed by atoms with Crippen LogP contribution in [0.3, 0.4) is 0 Å². The number of sulfonamides is 1. The Morgan fingerprint density at radius 1 is 1.14 bits per heavy atom. The van der Waals surface area contributed by atoms with Crippen molar-refractivity contribution in [3.8, 4) is 0 Å². The summed E-state index contributed by atoms with van der Waals surface area (Å²) in [6.07, 6.45) is 0. The summed E-state index contributed by atoms with van der Waals surface area (Å²) in [5.41, 5.74) is 0.282. The summed E-state index contributed by atoms with van der Waals surface area (Å²) in [4.78, 5) is 11.1. The fourth-order valence-corrected chi connectivity index (χ4v) is 3.42. The second kappa shape index (κ2) is 5.75. The van der Waals surface area contributed by atoms with Gasteiger partial charge < -0.3 is 5.11 Å². The number of carbonyl (C=O) groups is 1. The summed E-state index contributed by atoms with van der Waals surface area (Å²) in [5.74, 6) is -1.21. The molecule has 2 N–H and O–H groups in total. The third-order valence-corrected chi connectivity index (χ3v) is 4.83. The first-order valence-corrected chi connectivity index (χ1v) is 7.79. The van der Waals surface area contributed by atoms with Crippen molar-refractivity contribution < 1.29 is 18.3 Å². The molecule has 0 spiro atoms. The minimum atomic E-state index is -3.92. The standard InChI is InChI=1S/C14H12ClNO4S/c1-9-11(15)6-4-8-13(9)21(19,20)16-12-7-3-2-5-10(12)14(17)18/h2-8,16H,1H3,(H,17,18). The van der Waals surface area contributed by atoms with Gasteiger partial charge in [0.2, 0.25) is 0 Å². The molecule has 0 heterocycles. The van der Waals surface area contributed by atoms with Gasteiger partial charge in [-0.2, -0.15) is 0 Å². The first kappa shape index (κ1) is 15.3. The summed E-state index contributed by atoms with van der Waals surface area (Å²) in [6.45, 7) is 1.58. The smallest absolute Gasteiger partial charge is 0.337 e. The second-order valence-corrected chi connectivity index (χ2v) is 6.38.